The van der Waals surface area contributed by atoms with Crippen molar-refractivity contribution in [3.8, 4) is 0 Å². The smallest absolute Gasteiger partial charge is 0.139 e. The molecule has 0 atom stereocenters. The van der Waals surface area contributed by atoms with Gasteiger partial charge in [0.1, 0.15) is 6.61 Å². The van der Waals surface area contributed by atoms with Crippen LogP contribution in [-0.2, 0) is 4.84 Å². The maximum absolute atomic E-state index is 4.86. The Balaban J connectivity index is 2.37. The van der Waals surface area contributed by atoms with Gasteiger partial charge >= 0.3 is 0 Å². The lowest BCUT2D eigenvalue weighted by molar-refractivity contribution is 0.148. The molecule has 0 saturated carbocycles. The fourth-order valence-electron chi connectivity index (χ4n) is 0.710. The van der Waals surface area contributed by atoms with Crippen molar-refractivity contribution in [1.82, 2.24) is 0 Å². The molecule has 3 heteroatoms. The standard InChI is InChI=1S/C10H12N2O/c1-9(2)8-13-12-11-10-6-4-3-5-7-10/h3-7H,1,8H2,2H3. The van der Waals surface area contributed by atoms with E-state index in [1.165, 1.54) is 0 Å². The van der Waals surface area contributed by atoms with E-state index in [2.05, 4.69) is 17.0 Å². The zero-order valence-electron chi connectivity index (χ0n) is 7.60. The van der Waals surface area contributed by atoms with Gasteiger partial charge in [-0.2, -0.15) is 0 Å². The Kier molecular flexibility index (Phi) is 3.70. The Labute approximate surface area is 77.7 Å². The van der Waals surface area contributed by atoms with E-state index in [-0.39, 0.29) is 0 Å². The molecule has 1 aromatic carbocycles. The summed E-state index contributed by atoms with van der Waals surface area (Å²) < 4.78 is 0. The van der Waals surface area contributed by atoms with Crippen LogP contribution in [0.3, 0.4) is 0 Å². The normalized spacial score (nSPS) is 10.2. The van der Waals surface area contributed by atoms with Gasteiger partial charge in [0.05, 0.1) is 5.69 Å². The van der Waals surface area contributed by atoms with Gasteiger partial charge < -0.3 is 4.84 Å². The lowest BCUT2D eigenvalue weighted by atomic mass is 10.3. The number of hydrogen-bond donors (Lipinski definition) is 0. The van der Waals surface area contributed by atoms with E-state index in [4.69, 9.17) is 4.84 Å². The lowest BCUT2D eigenvalue weighted by Crippen LogP contribution is -1.85. The molecule has 0 amide bonds. The van der Waals surface area contributed by atoms with Crippen LogP contribution >= 0.6 is 0 Å². The minimum Gasteiger partial charge on any atom is -0.375 e. The van der Waals surface area contributed by atoms with Crippen LogP contribution in [0, 0.1) is 0 Å². The Bertz CT molecular complexity index is 293. The molecule has 0 fully saturated rings. The molecule has 1 aromatic rings. The fraction of sp³-hybridized carbons (Fsp3) is 0.200. The predicted molar refractivity (Wildman–Crippen MR) is 51.7 cm³/mol. The van der Waals surface area contributed by atoms with Crippen LogP contribution in [0.25, 0.3) is 0 Å². The summed E-state index contributed by atoms with van der Waals surface area (Å²) in [6.07, 6.45) is 0. The summed E-state index contributed by atoms with van der Waals surface area (Å²) in [6.45, 7) is 5.96. The van der Waals surface area contributed by atoms with Gasteiger partial charge in [0.2, 0.25) is 0 Å². The minimum absolute atomic E-state index is 0.413. The average Bonchev–Trinajstić information content (AvgIpc) is 2.14. The molecule has 13 heavy (non-hydrogen) atoms. The summed E-state index contributed by atoms with van der Waals surface area (Å²) in [5, 5.41) is 7.39. The minimum atomic E-state index is 0.413. The second kappa shape index (κ2) is 5.09. The molecule has 0 unspecified atom stereocenters. The molecule has 0 aliphatic rings. The molecule has 0 aliphatic heterocycles. The highest BCUT2D eigenvalue weighted by atomic mass is 16.6. The Hall–Kier alpha value is -1.64. The van der Waals surface area contributed by atoms with Crippen molar-refractivity contribution in [3.63, 3.8) is 0 Å². The molecule has 0 aromatic heterocycles. The van der Waals surface area contributed by atoms with Crippen molar-refractivity contribution in [2.24, 2.45) is 10.4 Å². The van der Waals surface area contributed by atoms with Gasteiger partial charge in [-0.15, -0.1) is 5.11 Å². The SMILES string of the molecule is C=C(C)CON=Nc1ccccc1. The molecule has 68 valence electrons. The van der Waals surface area contributed by atoms with Crippen molar-refractivity contribution in [3.05, 3.63) is 42.5 Å². The van der Waals surface area contributed by atoms with Crippen LogP contribution in [0.5, 0.6) is 0 Å². The molecular formula is C10H12N2O. The van der Waals surface area contributed by atoms with Crippen LogP contribution < -0.4 is 0 Å². The first-order chi connectivity index (χ1) is 6.29. The van der Waals surface area contributed by atoms with E-state index in [0.717, 1.165) is 11.3 Å². The van der Waals surface area contributed by atoms with Gasteiger partial charge in [-0.1, -0.05) is 24.8 Å². The predicted octanol–water partition coefficient (Wildman–Crippen LogP) is 3.28. The van der Waals surface area contributed by atoms with Crippen molar-refractivity contribution in [2.45, 2.75) is 6.92 Å². The van der Waals surface area contributed by atoms with Crippen LogP contribution in [0.15, 0.2) is 52.9 Å². The van der Waals surface area contributed by atoms with E-state index in [0.29, 0.717) is 6.61 Å². The number of rotatable bonds is 4. The first-order valence-corrected chi connectivity index (χ1v) is 4.01. The summed E-state index contributed by atoms with van der Waals surface area (Å²) in [4.78, 5) is 4.86. The molecule has 0 aliphatic carbocycles. The molecule has 0 spiro atoms. The molecule has 1 rings (SSSR count). The maximum Gasteiger partial charge on any atom is 0.139 e. The summed E-state index contributed by atoms with van der Waals surface area (Å²) in [6, 6.07) is 9.43. The third-order valence-corrected chi connectivity index (χ3v) is 1.28. The molecule has 0 saturated heterocycles. The number of hydrogen-bond acceptors (Lipinski definition) is 3. The Morgan fingerprint density at radius 1 is 1.38 bits per heavy atom. The molecule has 3 nitrogen and oxygen atoms in total. The topological polar surface area (TPSA) is 34.0 Å². The summed E-state index contributed by atoms with van der Waals surface area (Å²) in [7, 11) is 0. The van der Waals surface area contributed by atoms with E-state index < -0.39 is 0 Å². The van der Waals surface area contributed by atoms with E-state index in [1.54, 1.807) is 0 Å². The van der Waals surface area contributed by atoms with Gasteiger partial charge in [-0.05, 0) is 24.6 Å². The second-order valence-electron chi connectivity index (χ2n) is 2.75. The van der Waals surface area contributed by atoms with E-state index in [1.807, 2.05) is 37.3 Å². The maximum atomic E-state index is 4.86. The quantitative estimate of drug-likeness (QED) is 0.393. The Morgan fingerprint density at radius 3 is 2.69 bits per heavy atom. The van der Waals surface area contributed by atoms with E-state index >= 15 is 0 Å². The highest BCUT2D eigenvalue weighted by Gasteiger charge is 1.85. The summed E-state index contributed by atoms with van der Waals surface area (Å²) in [5.41, 5.74) is 1.70. The van der Waals surface area contributed by atoms with Crippen LogP contribution in [0.2, 0.25) is 0 Å². The highest BCUT2D eigenvalue weighted by molar-refractivity contribution is 5.34. The highest BCUT2D eigenvalue weighted by Crippen LogP contribution is 2.09. The van der Waals surface area contributed by atoms with Gasteiger partial charge in [0, 0.05) is 5.28 Å². The largest absolute Gasteiger partial charge is 0.375 e. The zero-order chi connectivity index (χ0) is 9.52. The van der Waals surface area contributed by atoms with Crippen molar-refractivity contribution in [2.75, 3.05) is 6.61 Å². The van der Waals surface area contributed by atoms with Gasteiger partial charge in [-0.25, -0.2) is 0 Å². The summed E-state index contributed by atoms with van der Waals surface area (Å²) >= 11 is 0. The molecular weight excluding hydrogens is 164 g/mol. The van der Waals surface area contributed by atoms with Crippen molar-refractivity contribution in [1.29, 1.82) is 0 Å². The van der Waals surface area contributed by atoms with E-state index in [9.17, 15) is 0 Å². The van der Waals surface area contributed by atoms with Gasteiger partial charge in [0.15, 0.2) is 0 Å². The van der Waals surface area contributed by atoms with Crippen LogP contribution in [0.1, 0.15) is 6.92 Å². The molecule has 0 N–H and O–H groups in total. The first kappa shape index (κ1) is 9.45. The van der Waals surface area contributed by atoms with Crippen molar-refractivity contribution < 1.29 is 4.84 Å². The fourth-order valence-corrected chi connectivity index (χ4v) is 0.710. The average molecular weight is 176 g/mol. The molecule has 0 bridgehead atoms. The van der Waals surface area contributed by atoms with Crippen LogP contribution in [-0.4, -0.2) is 6.61 Å². The lowest BCUT2D eigenvalue weighted by Gasteiger charge is -1.94. The number of benzene rings is 1. The first-order valence-electron chi connectivity index (χ1n) is 4.01. The number of nitrogens with zero attached hydrogens (tertiary/aromatic N) is 2. The molecule has 0 radical (unpaired) electrons. The van der Waals surface area contributed by atoms with Gasteiger partial charge in [-0.3, -0.25) is 0 Å². The van der Waals surface area contributed by atoms with Crippen molar-refractivity contribution >= 4 is 5.69 Å². The third-order valence-electron chi connectivity index (χ3n) is 1.28. The Morgan fingerprint density at radius 2 is 2.08 bits per heavy atom. The monoisotopic (exact) mass is 176 g/mol. The second-order valence-corrected chi connectivity index (χ2v) is 2.75. The summed E-state index contributed by atoms with van der Waals surface area (Å²) in [5.74, 6) is 0. The third kappa shape index (κ3) is 4.06. The molecule has 0 heterocycles. The van der Waals surface area contributed by atoms with Crippen LogP contribution in [0.4, 0.5) is 5.69 Å². The zero-order valence-corrected chi connectivity index (χ0v) is 7.60. The van der Waals surface area contributed by atoms with Gasteiger partial charge in [0.25, 0.3) is 0 Å².